The van der Waals surface area contributed by atoms with Crippen LogP contribution in [0, 0.1) is 10.1 Å². The number of benzene rings is 1. The summed E-state index contributed by atoms with van der Waals surface area (Å²) in [5.41, 5.74) is 0.561. The summed E-state index contributed by atoms with van der Waals surface area (Å²) in [6, 6.07) is 4.90. The van der Waals surface area contributed by atoms with E-state index in [1.165, 1.54) is 14.2 Å². The Bertz CT molecular complexity index is 315. The van der Waals surface area contributed by atoms with Crippen molar-refractivity contribution in [2.24, 2.45) is 0 Å². The van der Waals surface area contributed by atoms with Gasteiger partial charge in [-0.1, -0.05) is 0 Å². The Morgan fingerprint density at radius 3 is 2.07 bits per heavy atom. The van der Waals surface area contributed by atoms with Gasteiger partial charge in [-0.05, 0) is 12.1 Å². The van der Waals surface area contributed by atoms with E-state index >= 15 is 0 Å². The first-order valence-electron chi connectivity index (χ1n) is 3.99. The number of nitrogens with zero attached hydrogens (tertiary/aromatic N) is 1. The summed E-state index contributed by atoms with van der Waals surface area (Å²) < 4.78 is 9.95. The molecule has 0 radical (unpaired) electrons. The summed E-state index contributed by atoms with van der Waals surface area (Å²) in [5, 5.41) is 10.3. The summed E-state index contributed by atoms with van der Waals surface area (Å²) >= 11 is 0. The Morgan fingerprint density at radius 2 is 1.71 bits per heavy atom. The van der Waals surface area contributed by atoms with Crippen LogP contribution in [-0.2, 0) is 6.54 Å². The zero-order valence-electron chi connectivity index (χ0n) is 8.02. The summed E-state index contributed by atoms with van der Waals surface area (Å²) in [6.07, 6.45) is 0. The van der Waals surface area contributed by atoms with Gasteiger partial charge in [-0.15, -0.1) is 0 Å². The second kappa shape index (κ2) is 4.45. The molecule has 5 heteroatoms. The van der Waals surface area contributed by atoms with E-state index in [1.807, 2.05) is 0 Å². The minimum atomic E-state index is -0.395. The molecule has 0 fully saturated rings. The smallest absolute Gasteiger partial charge is 0.229 e. The van der Waals surface area contributed by atoms with Crippen molar-refractivity contribution in [1.29, 1.82) is 0 Å². The molecule has 0 aliphatic rings. The van der Waals surface area contributed by atoms with E-state index in [1.54, 1.807) is 18.2 Å². The standard InChI is InChI=1S/C9H11NO4/c1-13-8-3-7(6-10(11)12)4-9(5-8)14-2/h3-5H,6H2,1-2H3. The highest BCUT2D eigenvalue weighted by molar-refractivity contribution is 5.38. The molecular formula is C9H11NO4. The fourth-order valence-corrected chi connectivity index (χ4v) is 1.11. The number of ether oxygens (including phenoxy) is 2. The fraction of sp³-hybridized carbons (Fsp3) is 0.333. The molecule has 0 spiro atoms. The molecule has 0 aliphatic heterocycles. The van der Waals surface area contributed by atoms with E-state index in [0.717, 1.165) is 0 Å². The van der Waals surface area contributed by atoms with Gasteiger partial charge in [0.2, 0.25) is 6.54 Å². The van der Waals surface area contributed by atoms with E-state index in [9.17, 15) is 10.1 Å². The molecular weight excluding hydrogens is 186 g/mol. The summed E-state index contributed by atoms with van der Waals surface area (Å²) in [5.74, 6) is 1.11. The third-order valence-electron chi connectivity index (χ3n) is 1.72. The van der Waals surface area contributed by atoms with Gasteiger partial charge in [0.05, 0.1) is 14.2 Å². The summed E-state index contributed by atoms with van der Waals surface area (Å²) in [7, 11) is 3.01. The highest BCUT2D eigenvalue weighted by Gasteiger charge is 2.06. The Hall–Kier alpha value is -1.78. The zero-order chi connectivity index (χ0) is 10.6. The molecule has 0 aromatic heterocycles. The molecule has 1 aromatic carbocycles. The van der Waals surface area contributed by atoms with Crippen molar-refractivity contribution in [3.63, 3.8) is 0 Å². The molecule has 0 heterocycles. The first-order valence-corrected chi connectivity index (χ1v) is 3.99. The van der Waals surface area contributed by atoms with Crippen LogP contribution >= 0.6 is 0 Å². The molecule has 0 saturated carbocycles. The van der Waals surface area contributed by atoms with Gasteiger partial charge in [0.1, 0.15) is 11.5 Å². The van der Waals surface area contributed by atoms with Crippen molar-refractivity contribution in [2.75, 3.05) is 14.2 Å². The van der Waals surface area contributed by atoms with Gasteiger partial charge in [0.15, 0.2) is 0 Å². The van der Waals surface area contributed by atoms with Crippen LogP contribution in [0.2, 0.25) is 0 Å². The second-order valence-corrected chi connectivity index (χ2v) is 2.71. The largest absolute Gasteiger partial charge is 0.497 e. The predicted molar refractivity (Wildman–Crippen MR) is 50.2 cm³/mol. The molecule has 1 aromatic rings. The number of nitro groups is 1. The van der Waals surface area contributed by atoms with Crippen molar-refractivity contribution in [1.82, 2.24) is 0 Å². The minimum Gasteiger partial charge on any atom is -0.497 e. The lowest BCUT2D eigenvalue weighted by Crippen LogP contribution is -1.99. The molecule has 0 N–H and O–H groups in total. The molecule has 0 bridgehead atoms. The van der Waals surface area contributed by atoms with Gasteiger partial charge in [-0.2, -0.15) is 0 Å². The summed E-state index contributed by atoms with van der Waals surface area (Å²) in [4.78, 5) is 9.90. The SMILES string of the molecule is COc1cc(C[N+](=O)[O-])cc(OC)c1. The topological polar surface area (TPSA) is 61.6 Å². The molecule has 1 rings (SSSR count). The van der Waals surface area contributed by atoms with Gasteiger partial charge >= 0.3 is 0 Å². The number of rotatable bonds is 4. The lowest BCUT2D eigenvalue weighted by atomic mass is 10.2. The van der Waals surface area contributed by atoms with Crippen LogP contribution in [0.5, 0.6) is 11.5 Å². The monoisotopic (exact) mass is 197 g/mol. The van der Waals surface area contributed by atoms with Gasteiger partial charge in [-0.25, -0.2) is 0 Å². The van der Waals surface area contributed by atoms with Crippen LogP contribution in [0.15, 0.2) is 18.2 Å². The van der Waals surface area contributed by atoms with Crippen molar-refractivity contribution in [2.45, 2.75) is 6.54 Å². The molecule has 14 heavy (non-hydrogen) atoms. The summed E-state index contributed by atoms with van der Waals surface area (Å²) in [6.45, 7) is -0.229. The average Bonchev–Trinajstić information content (AvgIpc) is 2.16. The fourth-order valence-electron chi connectivity index (χ4n) is 1.11. The Kier molecular flexibility index (Phi) is 3.28. The quantitative estimate of drug-likeness (QED) is 0.541. The third kappa shape index (κ3) is 2.62. The van der Waals surface area contributed by atoms with E-state index in [2.05, 4.69) is 0 Å². The Balaban J connectivity index is 2.98. The first kappa shape index (κ1) is 10.3. The van der Waals surface area contributed by atoms with Crippen molar-refractivity contribution >= 4 is 0 Å². The second-order valence-electron chi connectivity index (χ2n) is 2.71. The zero-order valence-corrected chi connectivity index (χ0v) is 8.02. The van der Waals surface area contributed by atoms with Crippen molar-refractivity contribution in [3.8, 4) is 11.5 Å². The number of hydrogen-bond donors (Lipinski definition) is 0. The maximum absolute atomic E-state index is 10.3. The molecule has 0 amide bonds. The Morgan fingerprint density at radius 1 is 1.21 bits per heavy atom. The lowest BCUT2D eigenvalue weighted by molar-refractivity contribution is -0.496. The van der Waals surface area contributed by atoms with Gasteiger partial charge in [0, 0.05) is 16.6 Å². The Labute approximate surface area is 81.4 Å². The van der Waals surface area contributed by atoms with E-state index in [4.69, 9.17) is 9.47 Å². The highest BCUT2D eigenvalue weighted by Crippen LogP contribution is 2.22. The van der Waals surface area contributed by atoms with Crippen molar-refractivity contribution in [3.05, 3.63) is 33.9 Å². The van der Waals surface area contributed by atoms with Gasteiger partial charge in [-0.3, -0.25) is 10.1 Å². The van der Waals surface area contributed by atoms with Crippen LogP contribution in [0.4, 0.5) is 0 Å². The van der Waals surface area contributed by atoms with E-state index in [-0.39, 0.29) is 6.54 Å². The minimum absolute atomic E-state index is 0.229. The van der Waals surface area contributed by atoms with E-state index in [0.29, 0.717) is 17.1 Å². The number of methoxy groups -OCH3 is 2. The predicted octanol–water partition coefficient (Wildman–Crippen LogP) is 1.48. The van der Waals surface area contributed by atoms with Gasteiger partial charge < -0.3 is 9.47 Å². The lowest BCUT2D eigenvalue weighted by Gasteiger charge is -2.05. The molecule has 0 unspecified atom stereocenters. The van der Waals surface area contributed by atoms with Crippen LogP contribution in [0.1, 0.15) is 5.56 Å². The van der Waals surface area contributed by atoms with Crippen LogP contribution in [0.25, 0.3) is 0 Å². The maximum Gasteiger partial charge on any atom is 0.229 e. The molecule has 0 aliphatic carbocycles. The third-order valence-corrected chi connectivity index (χ3v) is 1.72. The van der Waals surface area contributed by atoms with E-state index < -0.39 is 4.92 Å². The molecule has 76 valence electrons. The van der Waals surface area contributed by atoms with Crippen LogP contribution in [-0.4, -0.2) is 19.1 Å². The van der Waals surface area contributed by atoms with Crippen LogP contribution in [0.3, 0.4) is 0 Å². The van der Waals surface area contributed by atoms with Gasteiger partial charge in [0.25, 0.3) is 0 Å². The number of hydrogen-bond acceptors (Lipinski definition) is 4. The maximum atomic E-state index is 10.3. The normalized spacial score (nSPS) is 9.57. The molecule has 0 atom stereocenters. The molecule has 0 saturated heterocycles. The van der Waals surface area contributed by atoms with Crippen molar-refractivity contribution < 1.29 is 14.4 Å². The molecule has 5 nitrogen and oxygen atoms in total. The van der Waals surface area contributed by atoms with Crippen LogP contribution < -0.4 is 9.47 Å². The first-order chi connectivity index (χ1) is 6.65. The average molecular weight is 197 g/mol. The highest BCUT2D eigenvalue weighted by atomic mass is 16.6.